The number of aliphatic hydroxyl groups excluding tert-OH is 3. The highest BCUT2D eigenvalue weighted by Gasteiger charge is 2.46. The van der Waals surface area contributed by atoms with E-state index in [2.05, 4.69) is 53.8 Å². The van der Waals surface area contributed by atoms with Gasteiger partial charge in [-0.1, -0.05) is 44.1 Å². The molecule has 1 saturated heterocycles. The standard InChI is InChI=1S/C22H42O6Si/c1-15(2)10-9-11-16(3)12-13-26-21-20(25)19(24)18(23)17(28-21)14-27-29(7,8)22(4,5)6/h10,12,17-21,23-25H,9,11,13-14H2,1-8H3/b16-12-/t17-,18-,19+,20-,21-/m1/s1. The Balaban J connectivity index is 2.64. The van der Waals surface area contributed by atoms with Gasteiger partial charge in [-0.2, -0.15) is 0 Å². The zero-order valence-electron chi connectivity index (χ0n) is 19.4. The van der Waals surface area contributed by atoms with Crippen LogP contribution in [0.4, 0.5) is 0 Å². The summed E-state index contributed by atoms with van der Waals surface area (Å²) >= 11 is 0. The molecular formula is C22H42O6Si. The van der Waals surface area contributed by atoms with E-state index in [-0.39, 0.29) is 18.3 Å². The predicted octanol–water partition coefficient (Wildman–Crippen LogP) is 3.53. The normalized spacial score (nSPS) is 29.1. The van der Waals surface area contributed by atoms with Crippen LogP contribution in [0.3, 0.4) is 0 Å². The van der Waals surface area contributed by atoms with Crippen molar-refractivity contribution in [2.75, 3.05) is 13.2 Å². The average Bonchev–Trinajstić information content (AvgIpc) is 2.59. The molecule has 1 heterocycles. The molecule has 0 aliphatic carbocycles. The summed E-state index contributed by atoms with van der Waals surface area (Å²) in [7, 11) is -2.03. The van der Waals surface area contributed by atoms with Crippen LogP contribution in [0, 0.1) is 0 Å². The van der Waals surface area contributed by atoms with Gasteiger partial charge in [0.05, 0.1) is 13.2 Å². The minimum absolute atomic E-state index is 0.0223. The molecule has 0 unspecified atom stereocenters. The maximum absolute atomic E-state index is 10.3. The fourth-order valence-electron chi connectivity index (χ4n) is 2.67. The monoisotopic (exact) mass is 430 g/mol. The van der Waals surface area contributed by atoms with Gasteiger partial charge >= 0.3 is 0 Å². The summed E-state index contributed by atoms with van der Waals surface area (Å²) in [6, 6.07) is 0. The Labute approximate surface area is 177 Å². The van der Waals surface area contributed by atoms with Crippen LogP contribution in [-0.2, 0) is 13.9 Å². The van der Waals surface area contributed by atoms with Crippen LogP contribution in [0.15, 0.2) is 23.3 Å². The highest BCUT2D eigenvalue weighted by Crippen LogP contribution is 2.37. The van der Waals surface area contributed by atoms with E-state index in [0.29, 0.717) is 0 Å². The quantitative estimate of drug-likeness (QED) is 0.383. The van der Waals surface area contributed by atoms with E-state index in [1.165, 1.54) is 11.1 Å². The molecule has 0 bridgehead atoms. The number of hydrogen-bond acceptors (Lipinski definition) is 6. The van der Waals surface area contributed by atoms with E-state index >= 15 is 0 Å². The van der Waals surface area contributed by atoms with Crippen LogP contribution in [0.2, 0.25) is 18.1 Å². The first kappa shape index (κ1) is 26.5. The molecule has 170 valence electrons. The summed E-state index contributed by atoms with van der Waals surface area (Å²) in [4.78, 5) is 0. The van der Waals surface area contributed by atoms with E-state index in [1.54, 1.807) is 0 Å². The SMILES string of the molecule is CC(C)=CCC/C(C)=C\CO[C@@H]1O[C@H](CO[Si](C)(C)C(C)(C)C)[C@@H](O)[C@H](O)[C@H]1O. The molecule has 7 heteroatoms. The summed E-state index contributed by atoms with van der Waals surface area (Å²) in [5.41, 5.74) is 2.48. The first-order valence-corrected chi connectivity index (χ1v) is 13.4. The summed E-state index contributed by atoms with van der Waals surface area (Å²) in [6.45, 7) is 17.2. The summed E-state index contributed by atoms with van der Waals surface area (Å²) in [5.74, 6) is 0. The van der Waals surface area contributed by atoms with Gasteiger partial charge in [-0.05, 0) is 51.7 Å². The lowest BCUT2D eigenvalue weighted by Gasteiger charge is -2.42. The zero-order chi connectivity index (χ0) is 22.4. The maximum Gasteiger partial charge on any atom is 0.192 e. The van der Waals surface area contributed by atoms with Crippen LogP contribution in [0.25, 0.3) is 0 Å². The third-order valence-electron chi connectivity index (χ3n) is 5.87. The molecule has 29 heavy (non-hydrogen) atoms. The van der Waals surface area contributed by atoms with Crippen molar-refractivity contribution in [2.24, 2.45) is 0 Å². The molecule has 1 fully saturated rings. The van der Waals surface area contributed by atoms with Crippen molar-refractivity contribution >= 4 is 8.32 Å². The second-order valence-corrected chi connectivity index (χ2v) is 14.6. The van der Waals surface area contributed by atoms with Gasteiger partial charge in [-0.25, -0.2) is 0 Å². The molecule has 1 rings (SSSR count). The van der Waals surface area contributed by atoms with E-state index in [9.17, 15) is 15.3 Å². The molecule has 0 radical (unpaired) electrons. The van der Waals surface area contributed by atoms with Crippen molar-refractivity contribution < 1.29 is 29.2 Å². The van der Waals surface area contributed by atoms with Gasteiger partial charge < -0.3 is 29.2 Å². The second kappa shape index (κ2) is 11.2. The van der Waals surface area contributed by atoms with Gasteiger partial charge in [0, 0.05) is 0 Å². The Morgan fingerprint density at radius 1 is 1.00 bits per heavy atom. The molecular weight excluding hydrogens is 388 g/mol. The summed E-state index contributed by atoms with van der Waals surface area (Å²) in [5, 5.41) is 30.8. The van der Waals surface area contributed by atoms with Crippen LogP contribution in [-0.4, -0.2) is 67.6 Å². The molecule has 5 atom stereocenters. The van der Waals surface area contributed by atoms with Crippen molar-refractivity contribution in [1.29, 1.82) is 0 Å². The molecule has 0 aromatic heterocycles. The molecule has 0 spiro atoms. The van der Waals surface area contributed by atoms with Gasteiger partial charge in [0.1, 0.15) is 24.4 Å². The molecule has 1 aliphatic rings. The van der Waals surface area contributed by atoms with Gasteiger partial charge in [-0.15, -0.1) is 0 Å². The predicted molar refractivity (Wildman–Crippen MR) is 118 cm³/mol. The number of rotatable bonds is 9. The molecule has 6 nitrogen and oxygen atoms in total. The zero-order valence-corrected chi connectivity index (χ0v) is 20.4. The summed E-state index contributed by atoms with van der Waals surface area (Å²) in [6.07, 6.45) is 0.412. The van der Waals surface area contributed by atoms with Crippen LogP contribution in [0.1, 0.15) is 54.4 Å². The van der Waals surface area contributed by atoms with Gasteiger partial charge in [0.2, 0.25) is 0 Å². The number of ether oxygens (including phenoxy) is 2. The second-order valence-electron chi connectivity index (χ2n) is 9.79. The minimum atomic E-state index is -2.03. The maximum atomic E-state index is 10.3. The fraction of sp³-hybridized carbons (Fsp3) is 0.818. The molecule has 0 aromatic rings. The Hall–Kier alpha value is -0.543. The highest BCUT2D eigenvalue weighted by molar-refractivity contribution is 6.74. The topological polar surface area (TPSA) is 88.4 Å². The Morgan fingerprint density at radius 2 is 1.62 bits per heavy atom. The van der Waals surface area contributed by atoms with Gasteiger partial charge in [0.15, 0.2) is 14.6 Å². The van der Waals surface area contributed by atoms with E-state index in [0.717, 1.165) is 12.8 Å². The number of hydrogen-bond donors (Lipinski definition) is 3. The van der Waals surface area contributed by atoms with E-state index in [4.69, 9.17) is 13.9 Å². The molecule has 3 N–H and O–H groups in total. The average molecular weight is 431 g/mol. The lowest BCUT2D eigenvalue weighted by atomic mass is 9.99. The lowest BCUT2D eigenvalue weighted by Crippen LogP contribution is -2.60. The smallest absolute Gasteiger partial charge is 0.192 e. The first-order chi connectivity index (χ1) is 13.3. The van der Waals surface area contributed by atoms with Crippen LogP contribution >= 0.6 is 0 Å². The Bertz CT molecular complexity index is 562. The number of aliphatic hydroxyl groups is 3. The van der Waals surface area contributed by atoms with Crippen LogP contribution in [0.5, 0.6) is 0 Å². The van der Waals surface area contributed by atoms with Crippen molar-refractivity contribution in [1.82, 2.24) is 0 Å². The fourth-order valence-corrected chi connectivity index (χ4v) is 3.69. The third-order valence-corrected chi connectivity index (χ3v) is 10.4. The van der Waals surface area contributed by atoms with Crippen molar-refractivity contribution in [3.8, 4) is 0 Å². The van der Waals surface area contributed by atoms with Crippen molar-refractivity contribution in [3.05, 3.63) is 23.3 Å². The first-order valence-electron chi connectivity index (χ1n) is 10.5. The minimum Gasteiger partial charge on any atom is -0.414 e. The lowest BCUT2D eigenvalue weighted by molar-refractivity contribution is -0.297. The molecule has 0 saturated carbocycles. The van der Waals surface area contributed by atoms with E-state index in [1.807, 2.05) is 13.0 Å². The molecule has 0 amide bonds. The molecule has 1 aliphatic heterocycles. The van der Waals surface area contributed by atoms with Crippen molar-refractivity contribution in [2.45, 2.75) is 103 Å². The Kier molecular flexibility index (Phi) is 10.2. The van der Waals surface area contributed by atoms with Gasteiger partial charge in [-0.3, -0.25) is 0 Å². The largest absolute Gasteiger partial charge is 0.414 e. The van der Waals surface area contributed by atoms with Crippen LogP contribution < -0.4 is 0 Å². The van der Waals surface area contributed by atoms with E-state index < -0.39 is 39.0 Å². The highest BCUT2D eigenvalue weighted by atomic mass is 28.4. The third kappa shape index (κ3) is 8.24. The Morgan fingerprint density at radius 3 is 2.17 bits per heavy atom. The summed E-state index contributed by atoms with van der Waals surface area (Å²) < 4.78 is 17.6. The molecule has 0 aromatic carbocycles. The number of allylic oxidation sites excluding steroid dienone is 3. The van der Waals surface area contributed by atoms with Gasteiger partial charge in [0.25, 0.3) is 0 Å². The van der Waals surface area contributed by atoms with Crippen molar-refractivity contribution in [3.63, 3.8) is 0 Å².